The van der Waals surface area contributed by atoms with Gasteiger partial charge in [0.25, 0.3) is 0 Å². The third kappa shape index (κ3) is 4.71. The van der Waals surface area contributed by atoms with Crippen molar-refractivity contribution in [3.63, 3.8) is 0 Å². The van der Waals surface area contributed by atoms with Crippen LogP contribution in [0.4, 0.5) is 5.69 Å². The van der Waals surface area contributed by atoms with Crippen molar-refractivity contribution in [2.75, 3.05) is 31.6 Å². The van der Waals surface area contributed by atoms with Gasteiger partial charge in [-0.1, -0.05) is 0 Å². The molecule has 1 aliphatic rings. The van der Waals surface area contributed by atoms with Gasteiger partial charge >= 0.3 is 1.43 Å². The van der Waals surface area contributed by atoms with Crippen molar-refractivity contribution in [2.45, 2.75) is 11.4 Å². The molecule has 142 valence electrons. The van der Waals surface area contributed by atoms with Crippen LogP contribution in [0.2, 0.25) is 0 Å². The fraction of sp³-hybridized carbons (Fsp3) is 0.333. The second-order valence-corrected chi connectivity index (χ2v) is 8.26. The molecule has 2 N–H and O–H groups in total. The Balaban J connectivity index is 0.00000182. The van der Waals surface area contributed by atoms with Crippen LogP contribution in [0.1, 0.15) is 1.43 Å². The number of benzene rings is 1. The van der Waals surface area contributed by atoms with Gasteiger partial charge in [-0.05, 0) is 24.3 Å². The number of halogens is 1. The molecule has 1 aliphatic heterocycles. The van der Waals surface area contributed by atoms with E-state index in [2.05, 4.69) is 5.32 Å². The topological polar surface area (TPSA) is 104 Å². The fourth-order valence-corrected chi connectivity index (χ4v) is 4.44. The molecule has 0 aliphatic carbocycles. The maximum absolute atomic E-state index is 12.5. The fourth-order valence-electron chi connectivity index (χ4n) is 2.43. The number of aromatic nitrogens is 1. The van der Waals surface area contributed by atoms with E-state index in [0.29, 0.717) is 36.8 Å². The minimum Gasteiger partial charge on any atom is -1.00 e. The van der Waals surface area contributed by atoms with Crippen molar-refractivity contribution in [1.82, 2.24) is 8.87 Å². The van der Waals surface area contributed by atoms with E-state index in [-0.39, 0.29) is 31.2 Å². The minimum absolute atomic E-state index is 0. The average Bonchev–Trinajstić information content (AvgIpc) is 3.01. The van der Waals surface area contributed by atoms with Gasteiger partial charge in [0.1, 0.15) is 6.54 Å². The van der Waals surface area contributed by atoms with Crippen LogP contribution >= 0.6 is 11.3 Å². The highest BCUT2D eigenvalue weighted by Gasteiger charge is 2.26. The lowest BCUT2D eigenvalue weighted by Crippen LogP contribution is -3.00. The molecular weight excluding hydrogens is 400 g/mol. The standard InChI is InChI=1S/C15H18N4O4S2.ClH/c16-15-18(7-10-24-15)11-14(20)17-12-1-3-13(4-2-12)25(21,22)19-5-8-23-9-6-19;/h1-4,7,10,16H,5-6,8-9,11H2,(H,17,20);1H. The molecule has 0 bridgehead atoms. The summed E-state index contributed by atoms with van der Waals surface area (Å²) >= 11 is 1.24. The van der Waals surface area contributed by atoms with Crippen molar-refractivity contribution < 1.29 is 31.8 Å². The number of rotatable bonds is 5. The molecule has 1 aromatic heterocycles. The van der Waals surface area contributed by atoms with E-state index < -0.39 is 10.0 Å². The molecule has 0 unspecified atom stereocenters. The van der Waals surface area contributed by atoms with Gasteiger partial charge in [0.05, 0.1) is 18.1 Å². The van der Waals surface area contributed by atoms with Crippen molar-refractivity contribution in [3.8, 4) is 0 Å². The smallest absolute Gasteiger partial charge is 1.00 e. The number of carbonyl (C=O) groups is 1. The van der Waals surface area contributed by atoms with Crippen LogP contribution in [0.25, 0.3) is 0 Å². The van der Waals surface area contributed by atoms with Gasteiger partial charge < -0.3 is 27.0 Å². The van der Waals surface area contributed by atoms with Gasteiger partial charge in [0.2, 0.25) is 15.9 Å². The number of hydrogen-bond donors (Lipinski definition) is 2. The largest absolute Gasteiger partial charge is 1.00 e. The second-order valence-electron chi connectivity index (χ2n) is 5.43. The molecule has 1 amide bonds. The maximum atomic E-state index is 12.5. The second kappa shape index (κ2) is 8.78. The quantitative estimate of drug-likeness (QED) is 0.575. The number of amides is 1. The van der Waals surface area contributed by atoms with E-state index in [1.807, 2.05) is 0 Å². The zero-order chi connectivity index (χ0) is 17.9. The Morgan fingerprint density at radius 2 is 1.92 bits per heavy atom. The Kier molecular flexibility index (Phi) is 6.95. The summed E-state index contributed by atoms with van der Waals surface area (Å²) in [5.74, 6) is -0.277. The van der Waals surface area contributed by atoms with E-state index in [1.54, 1.807) is 23.7 Å². The highest BCUT2D eigenvalue weighted by atomic mass is 35.5. The molecule has 1 fully saturated rings. The number of hydrogen-bond acceptors (Lipinski definition) is 6. The van der Waals surface area contributed by atoms with Crippen LogP contribution in [0, 0.1) is 5.41 Å². The monoisotopic (exact) mass is 418 g/mol. The molecule has 0 spiro atoms. The van der Waals surface area contributed by atoms with E-state index in [0.717, 1.165) is 0 Å². The molecule has 3 rings (SSSR count). The van der Waals surface area contributed by atoms with E-state index in [4.69, 9.17) is 10.1 Å². The van der Waals surface area contributed by atoms with Gasteiger partial charge in [-0.3, -0.25) is 10.2 Å². The Morgan fingerprint density at radius 3 is 2.50 bits per heavy atom. The predicted molar refractivity (Wildman–Crippen MR) is 93.9 cm³/mol. The molecule has 1 aromatic carbocycles. The van der Waals surface area contributed by atoms with Crippen LogP contribution in [0.3, 0.4) is 0 Å². The minimum atomic E-state index is -3.54. The third-order valence-corrected chi connectivity index (χ3v) is 6.37. The summed E-state index contributed by atoms with van der Waals surface area (Å²) in [6, 6.07) is 6.08. The molecule has 8 nitrogen and oxygen atoms in total. The Hall–Kier alpha value is -1.72. The average molecular weight is 419 g/mol. The molecule has 2 heterocycles. The first-order valence-corrected chi connectivity index (χ1v) is 9.95. The van der Waals surface area contributed by atoms with Gasteiger partial charge in [-0.15, -0.1) is 11.3 Å². The van der Waals surface area contributed by atoms with Gasteiger partial charge in [-0.2, -0.15) is 4.31 Å². The predicted octanol–water partition coefficient (Wildman–Crippen LogP) is -2.19. The molecule has 1 saturated heterocycles. The van der Waals surface area contributed by atoms with Gasteiger partial charge in [0, 0.05) is 30.4 Å². The first kappa shape index (κ1) is 20.6. The highest BCUT2D eigenvalue weighted by Crippen LogP contribution is 2.19. The highest BCUT2D eigenvalue weighted by molar-refractivity contribution is 7.89. The van der Waals surface area contributed by atoms with Crippen LogP contribution in [-0.4, -0.2) is 49.5 Å². The van der Waals surface area contributed by atoms with Crippen LogP contribution in [0.5, 0.6) is 0 Å². The number of ether oxygens (including phenoxy) is 1. The van der Waals surface area contributed by atoms with Crippen molar-refractivity contribution in [1.29, 1.82) is 5.41 Å². The zero-order valence-electron chi connectivity index (χ0n) is 14.7. The molecule has 0 atom stereocenters. The van der Waals surface area contributed by atoms with E-state index in [1.165, 1.54) is 32.3 Å². The van der Waals surface area contributed by atoms with Crippen LogP contribution in [-0.2, 0) is 26.1 Å². The summed E-state index contributed by atoms with van der Waals surface area (Å²) in [7, 11) is -3.54. The Labute approximate surface area is 162 Å². The zero-order valence-corrected chi connectivity index (χ0v) is 16.1. The number of sulfonamides is 1. The summed E-state index contributed by atoms with van der Waals surface area (Å²) < 4.78 is 33.2. The van der Waals surface area contributed by atoms with Gasteiger partial charge in [-0.25, -0.2) is 8.42 Å². The van der Waals surface area contributed by atoms with E-state index >= 15 is 0 Å². The normalized spacial score (nSPS) is 15.2. The molecule has 0 radical (unpaired) electrons. The molecule has 26 heavy (non-hydrogen) atoms. The number of thiazole rings is 1. The van der Waals surface area contributed by atoms with Gasteiger partial charge in [0.15, 0.2) is 4.80 Å². The molecule has 2 aromatic rings. The number of morpholine rings is 1. The van der Waals surface area contributed by atoms with E-state index in [9.17, 15) is 13.2 Å². The van der Waals surface area contributed by atoms with Crippen molar-refractivity contribution in [2.24, 2.45) is 0 Å². The molecule has 0 saturated carbocycles. The number of anilines is 1. The maximum Gasteiger partial charge on any atom is 1.00 e. The first-order chi connectivity index (χ1) is 12.0. The number of nitrogens with one attached hydrogen (secondary N) is 2. The van der Waals surface area contributed by atoms with Crippen LogP contribution < -0.4 is 22.5 Å². The molecular formula is C15H19ClN4O4S2. The number of carbonyl (C=O) groups excluding carboxylic acids is 1. The Morgan fingerprint density at radius 1 is 1.27 bits per heavy atom. The van der Waals surface area contributed by atoms with Crippen molar-refractivity contribution in [3.05, 3.63) is 40.6 Å². The lowest BCUT2D eigenvalue weighted by molar-refractivity contribution is -0.116. The first-order valence-electron chi connectivity index (χ1n) is 7.63. The molecule has 11 heteroatoms. The summed E-state index contributed by atoms with van der Waals surface area (Å²) in [5.41, 5.74) is 0.508. The van der Waals surface area contributed by atoms with Crippen LogP contribution in [0.15, 0.2) is 40.7 Å². The summed E-state index contributed by atoms with van der Waals surface area (Å²) in [5, 5.41) is 12.1. The summed E-state index contributed by atoms with van der Waals surface area (Å²) in [4.78, 5) is 12.5. The summed E-state index contributed by atoms with van der Waals surface area (Å²) in [6.07, 6.45) is 1.67. The lowest BCUT2D eigenvalue weighted by Gasteiger charge is -2.26. The third-order valence-electron chi connectivity index (χ3n) is 3.74. The lowest BCUT2D eigenvalue weighted by atomic mass is 10.3. The Bertz CT molecular complexity index is 908. The SMILES string of the molecule is N=c1sccn1CC(=O)Nc1ccc(S(=O)(=O)N2CCOCC2)cc1.[Cl-].[H+]. The number of nitrogens with zero attached hydrogens (tertiary/aromatic N) is 2. The van der Waals surface area contributed by atoms with Crippen molar-refractivity contribution >= 4 is 33.0 Å². The summed E-state index contributed by atoms with van der Waals surface area (Å²) in [6.45, 7) is 1.51.